The zero-order valence-corrected chi connectivity index (χ0v) is 11.1. The zero-order chi connectivity index (χ0) is 12.7. The smallest absolute Gasteiger partial charge is 0.234 e. The van der Waals surface area contributed by atoms with E-state index in [4.69, 9.17) is 0 Å². The lowest BCUT2D eigenvalue weighted by atomic mass is 9.89. The summed E-state index contributed by atoms with van der Waals surface area (Å²) in [6, 6.07) is 6.55. The molecule has 0 saturated carbocycles. The van der Waals surface area contributed by atoms with E-state index in [1.165, 1.54) is 24.0 Å². The number of hydrogen-bond donors (Lipinski definition) is 1. The number of nitrogens with one attached hydrogen (secondary N) is 1. The van der Waals surface area contributed by atoms with Gasteiger partial charge in [-0.25, -0.2) is 0 Å². The Kier molecular flexibility index (Phi) is 2.86. The number of amides is 1. The summed E-state index contributed by atoms with van der Waals surface area (Å²) in [4.78, 5) is 13.7. The first kappa shape index (κ1) is 11.7. The Morgan fingerprint density at radius 1 is 1.39 bits per heavy atom. The van der Waals surface area contributed by atoms with Crippen LogP contribution in [0.3, 0.4) is 0 Å². The van der Waals surface area contributed by atoms with Crippen LogP contribution in [0.2, 0.25) is 0 Å². The molecule has 2 unspecified atom stereocenters. The fraction of sp³-hybridized carbons (Fsp3) is 0.533. The Balaban J connectivity index is 1.94. The van der Waals surface area contributed by atoms with E-state index < -0.39 is 0 Å². The summed E-state index contributed by atoms with van der Waals surface area (Å²) in [6.07, 6.45) is 2.50. The molecule has 3 heteroatoms. The maximum Gasteiger partial charge on any atom is 0.234 e. The molecular formula is C15H20N2O. The molecule has 96 valence electrons. The minimum absolute atomic E-state index is 0.0153. The first-order valence-electron chi connectivity index (χ1n) is 6.80. The highest BCUT2D eigenvalue weighted by molar-refractivity contribution is 6.04. The standard InChI is InChI=1S/C15H20N2O/c1-10-13-8-11(12-4-3-7-16-9-12)5-6-14(13)17(2)15(10)18/h5-6,8,10,12,16H,3-4,7,9H2,1-2H3. The van der Waals surface area contributed by atoms with Crippen LogP contribution >= 0.6 is 0 Å². The summed E-state index contributed by atoms with van der Waals surface area (Å²) in [5, 5.41) is 3.45. The van der Waals surface area contributed by atoms with Crippen molar-refractivity contribution in [2.24, 2.45) is 0 Å². The summed E-state index contributed by atoms with van der Waals surface area (Å²) < 4.78 is 0. The molecule has 1 fully saturated rings. The largest absolute Gasteiger partial charge is 0.316 e. The molecule has 2 atom stereocenters. The molecule has 1 N–H and O–H groups in total. The van der Waals surface area contributed by atoms with Crippen molar-refractivity contribution in [2.75, 3.05) is 25.0 Å². The van der Waals surface area contributed by atoms with Crippen molar-refractivity contribution in [3.8, 4) is 0 Å². The van der Waals surface area contributed by atoms with Gasteiger partial charge in [0, 0.05) is 19.3 Å². The van der Waals surface area contributed by atoms with Crippen LogP contribution < -0.4 is 10.2 Å². The van der Waals surface area contributed by atoms with Crippen molar-refractivity contribution in [3.63, 3.8) is 0 Å². The molecule has 0 radical (unpaired) electrons. The molecule has 3 rings (SSSR count). The molecule has 18 heavy (non-hydrogen) atoms. The molecule has 2 heterocycles. The number of fused-ring (bicyclic) bond motifs is 1. The third-order valence-electron chi connectivity index (χ3n) is 4.35. The number of nitrogens with zero attached hydrogens (tertiary/aromatic N) is 1. The fourth-order valence-corrected chi connectivity index (χ4v) is 3.16. The molecule has 0 spiro atoms. The van der Waals surface area contributed by atoms with E-state index in [0.29, 0.717) is 5.92 Å². The van der Waals surface area contributed by atoms with Crippen molar-refractivity contribution in [1.29, 1.82) is 0 Å². The van der Waals surface area contributed by atoms with Gasteiger partial charge in [-0.3, -0.25) is 4.79 Å². The Morgan fingerprint density at radius 3 is 2.94 bits per heavy atom. The minimum atomic E-state index is 0.0153. The van der Waals surface area contributed by atoms with Gasteiger partial charge in [0.05, 0.1) is 5.92 Å². The van der Waals surface area contributed by atoms with Gasteiger partial charge in [0.15, 0.2) is 0 Å². The van der Waals surface area contributed by atoms with Crippen molar-refractivity contribution in [1.82, 2.24) is 5.32 Å². The molecule has 1 aromatic carbocycles. The van der Waals surface area contributed by atoms with E-state index in [1.807, 2.05) is 14.0 Å². The number of rotatable bonds is 1. The zero-order valence-electron chi connectivity index (χ0n) is 11.1. The highest BCUT2D eigenvalue weighted by Crippen LogP contribution is 2.38. The fourth-order valence-electron chi connectivity index (χ4n) is 3.16. The van der Waals surface area contributed by atoms with Gasteiger partial charge in [0.1, 0.15) is 0 Å². The van der Waals surface area contributed by atoms with Crippen LogP contribution in [-0.2, 0) is 4.79 Å². The molecule has 2 aliphatic heterocycles. The first-order valence-corrected chi connectivity index (χ1v) is 6.80. The number of piperidine rings is 1. The third kappa shape index (κ3) is 1.74. The van der Waals surface area contributed by atoms with Crippen molar-refractivity contribution >= 4 is 11.6 Å². The number of anilines is 1. The summed E-state index contributed by atoms with van der Waals surface area (Å²) in [6.45, 7) is 4.21. The highest BCUT2D eigenvalue weighted by Gasteiger charge is 2.32. The number of carbonyl (C=O) groups excluding carboxylic acids is 1. The monoisotopic (exact) mass is 244 g/mol. The summed E-state index contributed by atoms with van der Waals surface area (Å²) >= 11 is 0. The van der Waals surface area contributed by atoms with Gasteiger partial charge in [-0.05, 0) is 49.4 Å². The molecule has 1 amide bonds. The molecule has 0 aliphatic carbocycles. The van der Waals surface area contributed by atoms with E-state index in [9.17, 15) is 4.79 Å². The first-order chi connectivity index (χ1) is 8.68. The van der Waals surface area contributed by atoms with E-state index in [0.717, 1.165) is 18.8 Å². The molecule has 0 aromatic heterocycles. The topological polar surface area (TPSA) is 32.3 Å². The maximum absolute atomic E-state index is 12.0. The third-order valence-corrected chi connectivity index (χ3v) is 4.35. The normalized spacial score (nSPS) is 27.4. The van der Waals surface area contributed by atoms with E-state index in [-0.39, 0.29) is 11.8 Å². The van der Waals surface area contributed by atoms with Crippen LogP contribution in [0.25, 0.3) is 0 Å². The molecule has 1 aromatic rings. The van der Waals surface area contributed by atoms with Crippen LogP contribution in [0.15, 0.2) is 18.2 Å². The van der Waals surface area contributed by atoms with Gasteiger partial charge in [-0.1, -0.05) is 12.1 Å². The highest BCUT2D eigenvalue weighted by atomic mass is 16.2. The second-order valence-corrected chi connectivity index (χ2v) is 5.48. The molecular weight excluding hydrogens is 224 g/mol. The average molecular weight is 244 g/mol. The lowest BCUT2D eigenvalue weighted by Crippen LogP contribution is -2.28. The summed E-state index contributed by atoms with van der Waals surface area (Å²) in [7, 11) is 1.87. The van der Waals surface area contributed by atoms with E-state index in [1.54, 1.807) is 4.90 Å². The number of likely N-dealkylation sites (N-methyl/N-ethyl adjacent to an activating group) is 1. The van der Waals surface area contributed by atoms with E-state index >= 15 is 0 Å². The van der Waals surface area contributed by atoms with Gasteiger partial charge in [-0.15, -0.1) is 0 Å². The summed E-state index contributed by atoms with van der Waals surface area (Å²) in [5.74, 6) is 0.836. The average Bonchev–Trinajstić information content (AvgIpc) is 2.65. The molecule has 3 nitrogen and oxygen atoms in total. The number of benzene rings is 1. The van der Waals surface area contributed by atoms with Crippen molar-refractivity contribution < 1.29 is 4.79 Å². The van der Waals surface area contributed by atoms with Gasteiger partial charge in [0.2, 0.25) is 5.91 Å². The predicted octanol–water partition coefficient (Wildman–Crippen LogP) is 2.23. The van der Waals surface area contributed by atoms with Gasteiger partial charge >= 0.3 is 0 Å². The lowest BCUT2D eigenvalue weighted by Gasteiger charge is -2.24. The number of carbonyl (C=O) groups is 1. The second-order valence-electron chi connectivity index (χ2n) is 5.48. The molecule has 0 bridgehead atoms. The van der Waals surface area contributed by atoms with Crippen LogP contribution in [-0.4, -0.2) is 26.0 Å². The van der Waals surface area contributed by atoms with Gasteiger partial charge < -0.3 is 10.2 Å². The Morgan fingerprint density at radius 2 is 2.22 bits per heavy atom. The van der Waals surface area contributed by atoms with Crippen molar-refractivity contribution in [3.05, 3.63) is 29.3 Å². The minimum Gasteiger partial charge on any atom is -0.316 e. The van der Waals surface area contributed by atoms with Gasteiger partial charge in [0.25, 0.3) is 0 Å². The Labute approximate surface area is 108 Å². The van der Waals surface area contributed by atoms with Crippen LogP contribution in [0.1, 0.15) is 42.7 Å². The lowest BCUT2D eigenvalue weighted by molar-refractivity contribution is -0.118. The Hall–Kier alpha value is -1.35. The number of hydrogen-bond acceptors (Lipinski definition) is 2. The van der Waals surface area contributed by atoms with Crippen LogP contribution in [0.5, 0.6) is 0 Å². The summed E-state index contributed by atoms with van der Waals surface area (Å²) in [5.41, 5.74) is 3.67. The Bertz CT molecular complexity index is 477. The van der Waals surface area contributed by atoms with Crippen LogP contribution in [0, 0.1) is 0 Å². The quantitative estimate of drug-likeness (QED) is 0.821. The van der Waals surface area contributed by atoms with Crippen molar-refractivity contribution in [2.45, 2.75) is 31.6 Å². The van der Waals surface area contributed by atoms with Gasteiger partial charge in [-0.2, -0.15) is 0 Å². The predicted molar refractivity (Wildman–Crippen MR) is 73.1 cm³/mol. The van der Waals surface area contributed by atoms with Crippen LogP contribution in [0.4, 0.5) is 5.69 Å². The van der Waals surface area contributed by atoms with E-state index in [2.05, 4.69) is 23.5 Å². The molecule has 2 aliphatic rings. The SMILES string of the molecule is CC1C(=O)N(C)c2ccc(C3CCCNC3)cc21. The molecule has 1 saturated heterocycles. The maximum atomic E-state index is 12.0. The second kappa shape index (κ2) is 4.39.